The normalized spacial score (nSPS) is 13.8. The van der Waals surface area contributed by atoms with Crippen molar-refractivity contribution in [2.45, 2.75) is 39.2 Å². The van der Waals surface area contributed by atoms with Crippen LogP contribution < -0.4 is 4.74 Å². The molecule has 0 saturated heterocycles. The summed E-state index contributed by atoms with van der Waals surface area (Å²) in [6, 6.07) is 4.78. The molecule has 0 N–H and O–H groups in total. The number of methoxy groups -OCH3 is 1. The Bertz CT molecular complexity index is 550. The van der Waals surface area contributed by atoms with E-state index in [1.807, 2.05) is 18.1 Å². The van der Waals surface area contributed by atoms with Crippen LogP contribution in [0.1, 0.15) is 32.8 Å². The van der Waals surface area contributed by atoms with E-state index in [-0.39, 0.29) is 11.4 Å². The first-order valence-electron chi connectivity index (χ1n) is 8.81. The first kappa shape index (κ1) is 21.5. The largest absolute Gasteiger partial charge is 0.491 e. The highest BCUT2D eigenvalue weighted by molar-refractivity contribution is 5.35. The van der Waals surface area contributed by atoms with Gasteiger partial charge in [-0.1, -0.05) is 33.4 Å². The molecule has 0 bridgehead atoms. The summed E-state index contributed by atoms with van der Waals surface area (Å²) in [6.07, 6.45) is 3.49. The van der Waals surface area contributed by atoms with Crippen molar-refractivity contribution in [1.29, 1.82) is 0 Å². The molecule has 0 aliphatic heterocycles. The molecule has 0 aliphatic carbocycles. The average Bonchev–Trinajstić information content (AvgIpc) is 2.60. The smallest absolute Gasteiger partial charge is 0.126 e. The van der Waals surface area contributed by atoms with E-state index in [4.69, 9.17) is 9.47 Å². The molecule has 1 aromatic rings. The SMILES string of the molecule is C=CN(C)N(C)C(CC)(Cc1ccc(F)cc1OCCOC)C(C)C. The van der Waals surface area contributed by atoms with Crippen molar-refractivity contribution in [2.75, 3.05) is 34.4 Å². The Morgan fingerprint density at radius 3 is 2.48 bits per heavy atom. The van der Waals surface area contributed by atoms with Gasteiger partial charge in [0.1, 0.15) is 18.2 Å². The molecule has 142 valence electrons. The van der Waals surface area contributed by atoms with E-state index in [9.17, 15) is 4.39 Å². The molecule has 0 heterocycles. The molecule has 1 rings (SSSR count). The van der Waals surface area contributed by atoms with Gasteiger partial charge in [0.25, 0.3) is 0 Å². The lowest BCUT2D eigenvalue weighted by atomic mass is 9.78. The average molecular weight is 352 g/mol. The number of hydrazine groups is 1. The number of hydrogen-bond acceptors (Lipinski definition) is 4. The molecule has 0 spiro atoms. The quantitative estimate of drug-likeness (QED) is 0.442. The zero-order valence-corrected chi connectivity index (χ0v) is 16.5. The molecule has 1 aromatic carbocycles. The maximum atomic E-state index is 13.7. The number of rotatable bonds is 11. The van der Waals surface area contributed by atoms with E-state index in [1.54, 1.807) is 13.3 Å². The van der Waals surface area contributed by atoms with Crippen molar-refractivity contribution < 1.29 is 13.9 Å². The molecule has 0 saturated carbocycles. The van der Waals surface area contributed by atoms with Crippen LogP contribution in [-0.4, -0.2) is 50.0 Å². The van der Waals surface area contributed by atoms with Crippen LogP contribution >= 0.6 is 0 Å². The van der Waals surface area contributed by atoms with Crippen molar-refractivity contribution in [2.24, 2.45) is 5.92 Å². The maximum Gasteiger partial charge on any atom is 0.126 e. The molecule has 25 heavy (non-hydrogen) atoms. The molecule has 0 aliphatic rings. The van der Waals surface area contributed by atoms with Gasteiger partial charge in [-0.05, 0) is 30.4 Å². The van der Waals surface area contributed by atoms with Crippen LogP contribution in [0.4, 0.5) is 4.39 Å². The van der Waals surface area contributed by atoms with Crippen molar-refractivity contribution in [3.05, 3.63) is 42.4 Å². The van der Waals surface area contributed by atoms with Crippen molar-refractivity contribution >= 4 is 0 Å². The molecular weight excluding hydrogens is 319 g/mol. The zero-order valence-electron chi connectivity index (χ0n) is 16.5. The Morgan fingerprint density at radius 2 is 1.96 bits per heavy atom. The summed E-state index contributed by atoms with van der Waals surface area (Å²) in [7, 11) is 5.68. The molecule has 4 nitrogen and oxygen atoms in total. The minimum Gasteiger partial charge on any atom is -0.491 e. The standard InChI is InChI=1S/C20H33FN2O2/c1-8-20(16(3)4,23(6)22(5)9-2)15-17-10-11-18(21)14-19(17)25-13-12-24-7/h9-11,14,16H,2,8,12-13,15H2,1,3-7H3. The summed E-state index contributed by atoms with van der Waals surface area (Å²) < 4.78 is 24.5. The van der Waals surface area contributed by atoms with Gasteiger partial charge in [-0.2, -0.15) is 0 Å². The van der Waals surface area contributed by atoms with Crippen molar-refractivity contribution in [1.82, 2.24) is 10.0 Å². The molecule has 0 amide bonds. The number of nitrogens with zero attached hydrogens (tertiary/aromatic N) is 2. The predicted octanol–water partition coefficient (Wildman–Crippen LogP) is 4.12. The monoisotopic (exact) mass is 352 g/mol. The summed E-state index contributed by atoms with van der Waals surface area (Å²) in [5, 5.41) is 4.21. The molecule has 1 atom stereocenters. The fourth-order valence-corrected chi connectivity index (χ4v) is 3.26. The van der Waals surface area contributed by atoms with Crippen LogP contribution in [0.25, 0.3) is 0 Å². The number of ether oxygens (including phenoxy) is 2. The van der Waals surface area contributed by atoms with Crippen LogP contribution in [-0.2, 0) is 11.2 Å². The van der Waals surface area contributed by atoms with Gasteiger partial charge in [-0.15, -0.1) is 0 Å². The highest BCUT2D eigenvalue weighted by Gasteiger charge is 2.38. The van der Waals surface area contributed by atoms with Gasteiger partial charge in [0.15, 0.2) is 0 Å². The number of benzene rings is 1. The minimum absolute atomic E-state index is 0.139. The fraction of sp³-hybridized carbons (Fsp3) is 0.600. The first-order valence-corrected chi connectivity index (χ1v) is 8.81. The lowest BCUT2D eigenvalue weighted by Crippen LogP contribution is -2.56. The number of hydrogen-bond donors (Lipinski definition) is 0. The highest BCUT2D eigenvalue weighted by Crippen LogP contribution is 2.35. The second kappa shape index (κ2) is 9.78. The van der Waals surface area contributed by atoms with Crippen molar-refractivity contribution in [3.63, 3.8) is 0 Å². The van der Waals surface area contributed by atoms with Gasteiger partial charge >= 0.3 is 0 Å². The third-order valence-corrected chi connectivity index (χ3v) is 5.14. The Labute approximate surface area is 152 Å². The first-order chi connectivity index (χ1) is 11.8. The van der Waals surface area contributed by atoms with Gasteiger partial charge in [-0.3, -0.25) is 0 Å². The van der Waals surface area contributed by atoms with Gasteiger partial charge in [0, 0.05) is 39.0 Å². The molecular formula is C20H33FN2O2. The molecule has 1 unspecified atom stereocenters. The summed E-state index contributed by atoms with van der Waals surface area (Å²) >= 11 is 0. The van der Waals surface area contributed by atoms with E-state index in [0.29, 0.717) is 24.9 Å². The van der Waals surface area contributed by atoms with Crippen LogP contribution in [0.3, 0.4) is 0 Å². The van der Waals surface area contributed by atoms with Crippen LogP contribution in [0.5, 0.6) is 5.75 Å². The topological polar surface area (TPSA) is 24.9 Å². The summed E-state index contributed by atoms with van der Waals surface area (Å²) in [5.74, 6) is 0.673. The fourth-order valence-electron chi connectivity index (χ4n) is 3.26. The van der Waals surface area contributed by atoms with Crippen LogP contribution in [0.2, 0.25) is 0 Å². The van der Waals surface area contributed by atoms with Crippen LogP contribution in [0.15, 0.2) is 31.0 Å². The number of halogens is 1. The Balaban J connectivity index is 3.21. The third-order valence-electron chi connectivity index (χ3n) is 5.14. The maximum absolute atomic E-state index is 13.7. The van der Waals surface area contributed by atoms with E-state index in [1.165, 1.54) is 12.1 Å². The lowest BCUT2D eigenvalue weighted by molar-refractivity contribution is -0.0673. The van der Waals surface area contributed by atoms with Gasteiger partial charge in [-0.25, -0.2) is 9.40 Å². The second-order valence-corrected chi connectivity index (χ2v) is 6.66. The molecule has 0 radical (unpaired) electrons. The third kappa shape index (κ3) is 5.19. The minimum atomic E-state index is -0.292. The molecule has 5 heteroatoms. The second-order valence-electron chi connectivity index (χ2n) is 6.66. The Morgan fingerprint density at radius 1 is 1.28 bits per heavy atom. The van der Waals surface area contributed by atoms with E-state index in [2.05, 4.69) is 39.4 Å². The summed E-state index contributed by atoms with van der Waals surface area (Å²) in [5.41, 5.74) is 0.859. The zero-order chi connectivity index (χ0) is 19.0. The van der Waals surface area contributed by atoms with Crippen molar-refractivity contribution in [3.8, 4) is 5.75 Å². The number of likely N-dealkylation sites (N-methyl/N-ethyl adjacent to an activating group) is 1. The van der Waals surface area contributed by atoms with Gasteiger partial charge in [0.05, 0.1) is 6.61 Å². The van der Waals surface area contributed by atoms with Gasteiger partial charge in [0.2, 0.25) is 0 Å². The van der Waals surface area contributed by atoms with Gasteiger partial charge < -0.3 is 14.5 Å². The summed E-state index contributed by atoms with van der Waals surface area (Å²) in [6.45, 7) is 11.4. The molecule has 0 aromatic heterocycles. The van der Waals surface area contributed by atoms with Crippen LogP contribution in [0, 0.1) is 11.7 Å². The van der Waals surface area contributed by atoms with E-state index < -0.39 is 0 Å². The lowest BCUT2D eigenvalue weighted by Gasteiger charge is -2.48. The summed E-state index contributed by atoms with van der Waals surface area (Å²) in [4.78, 5) is 0. The Kier molecular flexibility index (Phi) is 8.39. The highest BCUT2D eigenvalue weighted by atomic mass is 19.1. The molecule has 0 fully saturated rings. The van der Waals surface area contributed by atoms with E-state index in [0.717, 1.165) is 18.4 Å². The van der Waals surface area contributed by atoms with E-state index >= 15 is 0 Å². The predicted molar refractivity (Wildman–Crippen MR) is 101 cm³/mol. The Hall–Kier alpha value is -1.59.